The maximum absolute atomic E-state index is 11.1. The Morgan fingerprint density at radius 3 is 2.95 bits per heavy atom. The van der Waals surface area contributed by atoms with Gasteiger partial charge in [-0.3, -0.25) is 4.79 Å². The number of aromatic amines is 1. The molecule has 0 aliphatic carbocycles. The second-order valence-corrected chi connectivity index (χ2v) is 4.65. The van der Waals surface area contributed by atoms with Crippen molar-refractivity contribution in [3.63, 3.8) is 0 Å². The van der Waals surface area contributed by atoms with E-state index in [1.807, 2.05) is 0 Å². The number of H-pyrrole nitrogens is 1. The van der Waals surface area contributed by atoms with Gasteiger partial charge in [0.15, 0.2) is 5.15 Å². The number of esters is 1. The molecule has 0 atom stereocenters. The van der Waals surface area contributed by atoms with E-state index in [0.717, 1.165) is 30.8 Å². The molecule has 2 N–H and O–H groups in total. The van der Waals surface area contributed by atoms with Crippen molar-refractivity contribution in [2.75, 3.05) is 13.2 Å². The summed E-state index contributed by atoms with van der Waals surface area (Å²) >= 11 is 6.04. The Balaban J connectivity index is 2.28. The molecule has 0 aliphatic heterocycles. The standard InChI is InChI=1S/C13H22ClN3O2/c1-3-5-6-11-16-10(13(14)17-11)9-15-8-7-12(18)19-4-2/h15H,3-9H2,1-2H3,(H,16,17). The van der Waals surface area contributed by atoms with Gasteiger partial charge in [-0.05, 0) is 13.3 Å². The molecule has 1 rings (SSSR count). The van der Waals surface area contributed by atoms with Crippen LogP contribution in [0, 0.1) is 0 Å². The van der Waals surface area contributed by atoms with Gasteiger partial charge in [0.2, 0.25) is 0 Å². The van der Waals surface area contributed by atoms with Crippen molar-refractivity contribution in [1.29, 1.82) is 0 Å². The summed E-state index contributed by atoms with van der Waals surface area (Å²) in [6, 6.07) is 0. The number of aromatic nitrogens is 2. The molecule has 0 amide bonds. The highest BCUT2D eigenvalue weighted by Gasteiger charge is 2.08. The van der Waals surface area contributed by atoms with Crippen LogP contribution in [0.1, 0.15) is 44.6 Å². The molecule has 6 heteroatoms. The number of nitrogens with one attached hydrogen (secondary N) is 2. The minimum atomic E-state index is -0.186. The van der Waals surface area contributed by atoms with Gasteiger partial charge in [0, 0.05) is 19.5 Å². The van der Waals surface area contributed by atoms with Crippen LogP contribution >= 0.6 is 11.6 Å². The van der Waals surface area contributed by atoms with Crippen LogP contribution in [-0.4, -0.2) is 29.1 Å². The third-order valence-corrected chi connectivity index (χ3v) is 2.97. The van der Waals surface area contributed by atoms with Crippen LogP contribution in [0.4, 0.5) is 0 Å². The fourth-order valence-electron chi connectivity index (χ4n) is 1.66. The quantitative estimate of drug-likeness (QED) is 0.541. The number of halogens is 1. The fourth-order valence-corrected chi connectivity index (χ4v) is 1.87. The van der Waals surface area contributed by atoms with E-state index < -0.39 is 0 Å². The zero-order valence-electron chi connectivity index (χ0n) is 11.6. The molecular formula is C13H22ClN3O2. The predicted molar refractivity (Wildman–Crippen MR) is 75.2 cm³/mol. The van der Waals surface area contributed by atoms with E-state index in [-0.39, 0.29) is 5.97 Å². The number of rotatable bonds is 9. The van der Waals surface area contributed by atoms with Gasteiger partial charge in [-0.15, -0.1) is 0 Å². The third-order valence-electron chi connectivity index (χ3n) is 2.66. The summed E-state index contributed by atoms with van der Waals surface area (Å²) in [4.78, 5) is 18.6. The van der Waals surface area contributed by atoms with Gasteiger partial charge in [0.1, 0.15) is 5.82 Å². The lowest BCUT2D eigenvalue weighted by molar-refractivity contribution is -0.142. The molecule has 108 valence electrons. The van der Waals surface area contributed by atoms with Crippen molar-refractivity contribution < 1.29 is 9.53 Å². The molecule has 1 aromatic rings. The Labute approximate surface area is 119 Å². The number of imidazole rings is 1. The van der Waals surface area contributed by atoms with E-state index in [1.54, 1.807) is 6.92 Å². The summed E-state index contributed by atoms with van der Waals surface area (Å²) in [5, 5.41) is 3.65. The summed E-state index contributed by atoms with van der Waals surface area (Å²) in [5.74, 6) is 0.739. The lowest BCUT2D eigenvalue weighted by atomic mass is 10.2. The van der Waals surface area contributed by atoms with Crippen LogP contribution in [0.5, 0.6) is 0 Å². The van der Waals surface area contributed by atoms with Crippen molar-refractivity contribution >= 4 is 17.6 Å². The number of hydrogen-bond donors (Lipinski definition) is 2. The molecule has 0 fully saturated rings. The summed E-state index contributed by atoms with van der Waals surface area (Å²) in [6.07, 6.45) is 3.51. The minimum Gasteiger partial charge on any atom is -0.466 e. The maximum Gasteiger partial charge on any atom is 0.307 e. The van der Waals surface area contributed by atoms with Gasteiger partial charge in [0.25, 0.3) is 0 Å². The molecule has 0 saturated carbocycles. The number of carbonyl (C=O) groups excluding carboxylic acids is 1. The first kappa shape index (κ1) is 16.0. The molecule has 0 bridgehead atoms. The van der Waals surface area contributed by atoms with Crippen LogP contribution in [0.3, 0.4) is 0 Å². The summed E-state index contributed by atoms with van der Waals surface area (Å²) in [7, 11) is 0. The average Bonchev–Trinajstić information content (AvgIpc) is 2.73. The first-order valence-electron chi connectivity index (χ1n) is 6.77. The predicted octanol–water partition coefficient (Wildman–Crippen LogP) is 2.45. The van der Waals surface area contributed by atoms with Gasteiger partial charge < -0.3 is 15.0 Å². The highest BCUT2D eigenvalue weighted by Crippen LogP contribution is 2.13. The molecule has 0 saturated heterocycles. The lowest BCUT2D eigenvalue weighted by Crippen LogP contribution is -2.19. The Morgan fingerprint density at radius 1 is 1.47 bits per heavy atom. The number of aryl methyl sites for hydroxylation is 1. The van der Waals surface area contributed by atoms with E-state index in [2.05, 4.69) is 22.2 Å². The van der Waals surface area contributed by atoms with Crippen LogP contribution in [0.2, 0.25) is 5.15 Å². The first-order chi connectivity index (χ1) is 9.17. The number of ether oxygens (including phenoxy) is 1. The van der Waals surface area contributed by atoms with E-state index >= 15 is 0 Å². The molecule has 5 nitrogen and oxygen atoms in total. The van der Waals surface area contributed by atoms with Gasteiger partial charge >= 0.3 is 5.97 Å². The molecule has 19 heavy (non-hydrogen) atoms. The molecule has 0 radical (unpaired) electrons. The van der Waals surface area contributed by atoms with Crippen molar-refractivity contribution in [3.05, 3.63) is 16.7 Å². The van der Waals surface area contributed by atoms with Crippen LogP contribution in [0.15, 0.2) is 0 Å². The number of unbranched alkanes of at least 4 members (excludes halogenated alkanes) is 1. The van der Waals surface area contributed by atoms with Crippen molar-refractivity contribution in [2.24, 2.45) is 0 Å². The van der Waals surface area contributed by atoms with Crippen LogP contribution in [-0.2, 0) is 22.5 Å². The minimum absolute atomic E-state index is 0.186. The topological polar surface area (TPSA) is 67.0 Å². The Morgan fingerprint density at radius 2 is 2.26 bits per heavy atom. The smallest absolute Gasteiger partial charge is 0.307 e. The molecule has 0 unspecified atom stereocenters. The van der Waals surface area contributed by atoms with Gasteiger partial charge in [-0.25, -0.2) is 4.98 Å². The molecule has 1 aromatic heterocycles. The Bertz CT molecular complexity index is 393. The third kappa shape index (κ3) is 6.07. The Kier molecular flexibility index (Phi) is 7.52. The number of carbonyl (C=O) groups is 1. The zero-order chi connectivity index (χ0) is 14.1. The Hall–Kier alpha value is -1.07. The van der Waals surface area contributed by atoms with Crippen LogP contribution < -0.4 is 5.32 Å². The van der Waals surface area contributed by atoms with E-state index in [9.17, 15) is 4.79 Å². The second kappa shape index (κ2) is 8.93. The van der Waals surface area contributed by atoms with Gasteiger partial charge in [-0.1, -0.05) is 24.9 Å². The van der Waals surface area contributed by atoms with Crippen molar-refractivity contribution in [1.82, 2.24) is 15.3 Å². The lowest BCUT2D eigenvalue weighted by Gasteiger charge is -2.03. The van der Waals surface area contributed by atoms with Crippen molar-refractivity contribution in [3.8, 4) is 0 Å². The van der Waals surface area contributed by atoms with E-state index in [0.29, 0.717) is 31.3 Å². The van der Waals surface area contributed by atoms with Gasteiger partial charge in [0.05, 0.1) is 18.7 Å². The van der Waals surface area contributed by atoms with E-state index in [1.165, 1.54) is 0 Å². The molecule has 0 spiro atoms. The largest absolute Gasteiger partial charge is 0.466 e. The zero-order valence-corrected chi connectivity index (χ0v) is 12.3. The maximum atomic E-state index is 11.1. The summed E-state index contributed by atoms with van der Waals surface area (Å²) in [5.41, 5.74) is 0.872. The highest BCUT2D eigenvalue weighted by molar-refractivity contribution is 6.30. The summed E-state index contributed by atoms with van der Waals surface area (Å²) < 4.78 is 4.84. The fraction of sp³-hybridized carbons (Fsp3) is 0.692. The molecular weight excluding hydrogens is 266 g/mol. The average molecular weight is 288 g/mol. The number of hydrogen-bond acceptors (Lipinski definition) is 4. The first-order valence-corrected chi connectivity index (χ1v) is 7.14. The van der Waals surface area contributed by atoms with Gasteiger partial charge in [-0.2, -0.15) is 0 Å². The monoisotopic (exact) mass is 287 g/mol. The molecule has 0 aromatic carbocycles. The summed E-state index contributed by atoms with van der Waals surface area (Å²) in [6.45, 7) is 5.51. The molecule has 0 aliphatic rings. The SMILES string of the molecule is CCCCc1nc(Cl)c(CNCCC(=O)OCC)[nH]1. The van der Waals surface area contributed by atoms with Crippen molar-refractivity contribution in [2.45, 2.75) is 46.1 Å². The second-order valence-electron chi connectivity index (χ2n) is 4.29. The highest BCUT2D eigenvalue weighted by atomic mass is 35.5. The van der Waals surface area contributed by atoms with Crippen LogP contribution in [0.25, 0.3) is 0 Å². The number of nitrogens with zero attached hydrogens (tertiary/aromatic N) is 1. The molecule has 1 heterocycles. The normalized spacial score (nSPS) is 10.7. The van der Waals surface area contributed by atoms with E-state index in [4.69, 9.17) is 16.3 Å².